The van der Waals surface area contributed by atoms with Crippen LogP contribution in [0.15, 0.2) is 0 Å². The summed E-state index contributed by atoms with van der Waals surface area (Å²) in [6.45, 7) is 5.57. The van der Waals surface area contributed by atoms with E-state index in [1.165, 1.54) is 0 Å². The average molecular weight is 158 g/mol. The third kappa shape index (κ3) is 1.70. The quantitative estimate of drug-likeness (QED) is 0.545. The second-order valence-corrected chi connectivity index (χ2v) is 3.36. The van der Waals surface area contributed by atoms with Crippen LogP contribution in [0.2, 0.25) is 0 Å². The van der Waals surface area contributed by atoms with Gasteiger partial charge in [-0.1, -0.05) is 0 Å². The molecule has 2 unspecified atom stereocenters. The number of nitrogens with two attached hydrogens (primary N) is 1. The van der Waals surface area contributed by atoms with Gasteiger partial charge in [0.05, 0.1) is 6.10 Å². The Balaban J connectivity index is 2.66. The summed E-state index contributed by atoms with van der Waals surface area (Å²) in [5, 5.41) is 2.98. The van der Waals surface area contributed by atoms with Crippen LogP contribution in [0.25, 0.3) is 0 Å². The summed E-state index contributed by atoms with van der Waals surface area (Å²) in [4.78, 5) is 10.8. The number of hydrogen-bond acceptors (Lipinski definition) is 3. The summed E-state index contributed by atoms with van der Waals surface area (Å²) in [6.07, 6.45) is -0.137. The molecule has 0 radical (unpaired) electrons. The van der Waals surface area contributed by atoms with E-state index in [0.717, 1.165) is 0 Å². The molecule has 64 valence electrons. The predicted molar refractivity (Wildman–Crippen MR) is 40.7 cm³/mol. The van der Waals surface area contributed by atoms with Gasteiger partial charge in [-0.3, -0.25) is 10.1 Å². The van der Waals surface area contributed by atoms with Gasteiger partial charge in [0.1, 0.15) is 11.8 Å². The molecule has 1 heterocycles. The average Bonchev–Trinajstić information content (AvgIpc) is 2.05. The van der Waals surface area contributed by atoms with E-state index in [1.807, 2.05) is 20.8 Å². The number of hydrogen-bond donors (Lipinski definition) is 2. The molecule has 0 aromatic heterocycles. The molecule has 1 amide bonds. The maximum absolute atomic E-state index is 10.8. The van der Waals surface area contributed by atoms with Crippen molar-refractivity contribution in [2.24, 2.45) is 5.73 Å². The van der Waals surface area contributed by atoms with Crippen LogP contribution in [0.3, 0.4) is 0 Å². The van der Waals surface area contributed by atoms with E-state index in [9.17, 15) is 4.79 Å². The number of primary amides is 1. The van der Waals surface area contributed by atoms with Crippen molar-refractivity contribution in [3.05, 3.63) is 0 Å². The Morgan fingerprint density at radius 1 is 1.64 bits per heavy atom. The predicted octanol–water partition coefficient (Wildman–Crippen LogP) is -0.415. The molecule has 0 aromatic rings. The van der Waals surface area contributed by atoms with Crippen LogP contribution in [0.1, 0.15) is 20.8 Å². The maximum atomic E-state index is 10.8. The van der Waals surface area contributed by atoms with Crippen molar-refractivity contribution >= 4 is 5.91 Å². The zero-order valence-electron chi connectivity index (χ0n) is 7.05. The zero-order chi connectivity index (χ0) is 8.65. The van der Waals surface area contributed by atoms with E-state index < -0.39 is 5.72 Å². The summed E-state index contributed by atoms with van der Waals surface area (Å²) in [7, 11) is 0. The van der Waals surface area contributed by atoms with Gasteiger partial charge in [0.2, 0.25) is 5.91 Å². The van der Waals surface area contributed by atoms with Gasteiger partial charge in [-0.2, -0.15) is 0 Å². The van der Waals surface area contributed by atoms with Crippen molar-refractivity contribution in [1.29, 1.82) is 0 Å². The zero-order valence-corrected chi connectivity index (χ0v) is 7.05. The van der Waals surface area contributed by atoms with Gasteiger partial charge in [0.25, 0.3) is 0 Å². The van der Waals surface area contributed by atoms with Crippen molar-refractivity contribution in [3.8, 4) is 0 Å². The fraction of sp³-hybridized carbons (Fsp3) is 0.857. The number of ether oxygens (including phenoxy) is 1. The van der Waals surface area contributed by atoms with Gasteiger partial charge < -0.3 is 10.5 Å². The molecule has 1 aliphatic heterocycles. The van der Waals surface area contributed by atoms with Gasteiger partial charge in [0.15, 0.2) is 0 Å². The Hall–Kier alpha value is -0.610. The van der Waals surface area contributed by atoms with Gasteiger partial charge in [0, 0.05) is 0 Å². The minimum absolute atomic E-state index is 0.137. The molecule has 1 aliphatic rings. The van der Waals surface area contributed by atoms with Gasteiger partial charge >= 0.3 is 0 Å². The van der Waals surface area contributed by atoms with Crippen LogP contribution >= 0.6 is 0 Å². The first-order valence-electron chi connectivity index (χ1n) is 3.67. The van der Waals surface area contributed by atoms with E-state index in [2.05, 4.69) is 5.32 Å². The fourth-order valence-electron chi connectivity index (χ4n) is 1.36. The highest BCUT2D eigenvalue weighted by molar-refractivity contribution is 5.80. The van der Waals surface area contributed by atoms with E-state index >= 15 is 0 Å². The number of nitrogens with one attached hydrogen (secondary N) is 1. The third-order valence-electron chi connectivity index (χ3n) is 1.76. The molecule has 1 saturated heterocycles. The van der Waals surface area contributed by atoms with Gasteiger partial charge in [-0.05, 0) is 20.8 Å². The summed E-state index contributed by atoms with van der Waals surface area (Å²) in [6, 6.07) is -0.356. The monoisotopic (exact) mass is 158 g/mol. The molecule has 1 rings (SSSR count). The highest BCUT2D eigenvalue weighted by atomic mass is 16.5. The molecule has 4 nitrogen and oxygen atoms in total. The van der Waals surface area contributed by atoms with E-state index in [1.54, 1.807) is 0 Å². The Labute approximate surface area is 66.1 Å². The largest absolute Gasteiger partial charge is 0.368 e. The topological polar surface area (TPSA) is 64.3 Å². The van der Waals surface area contributed by atoms with E-state index in [0.29, 0.717) is 0 Å². The molecule has 2 atom stereocenters. The summed E-state index contributed by atoms with van der Waals surface area (Å²) in [5.74, 6) is -0.358. The molecule has 0 spiro atoms. The van der Waals surface area contributed by atoms with E-state index in [4.69, 9.17) is 10.5 Å². The standard InChI is InChI=1S/C7H14N2O2/c1-4-5(6(8)10)9-7(2,3)11-4/h4-5,9H,1-3H3,(H2,8,10). The summed E-state index contributed by atoms with van der Waals surface area (Å²) < 4.78 is 5.41. The Kier molecular flexibility index (Phi) is 1.90. The Morgan fingerprint density at radius 3 is 2.36 bits per heavy atom. The minimum Gasteiger partial charge on any atom is -0.368 e. The van der Waals surface area contributed by atoms with Crippen LogP contribution in [0, 0.1) is 0 Å². The third-order valence-corrected chi connectivity index (χ3v) is 1.76. The van der Waals surface area contributed by atoms with Crippen LogP contribution in [-0.2, 0) is 9.53 Å². The first-order chi connectivity index (χ1) is 4.92. The van der Waals surface area contributed by atoms with Crippen molar-refractivity contribution < 1.29 is 9.53 Å². The molecule has 0 aliphatic carbocycles. The lowest BCUT2D eigenvalue weighted by Crippen LogP contribution is -2.46. The molecule has 0 saturated carbocycles. The van der Waals surface area contributed by atoms with Crippen molar-refractivity contribution in [2.45, 2.75) is 38.6 Å². The lowest BCUT2D eigenvalue weighted by molar-refractivity contribution is -0.120. The smallest absolute Gasteiger partial charge is 0.237 e. The summed E-state index contributed by atoms with van der Waals surface area (Å²) >= 11 is 0. The second kappa shape index (κ2) is 2.46. The maximum Gasteiger partial charge on any atom is 0.237 e. The molecular weight excluding hydrogens is 144 g/mol. The molecular formula is C7H14N2O2. The Bertz CT molecular complexity index is 179. The van der Waals surface area contributed by atoms with Crippen LogP contribution in [-0.4, -0.2) is 23.8 Å². The highest BCUT2D eigenvalue weighted by Gasteiger charge is 2.39. The molecule has 4 heteroatoms. The molecule has 3 N–H and O–H groups in total. The molecule has 1 fully saturated rings. The molecule has 0 bridgehead atoms. The van der Waals surface area contributed by atoms with Gasteiger partial charge in [-0.25, -0.2) is 0 Å². The van der Waals surface area contributed by atoms with Crippen molar-refractivity contribution in [3.63, 3.8) is 0 Å². The number of rotatable bonds is 1. The van der Waals surface area contributed by atoms with Crippen molar-refractivity contribution in [1.82, 2.24) is 5.32 Å². The lowest BCUT2D eigenvalue weighted by atomic mass is 10.2. The van der Waals surface area contributed by atoms with E-state index in [-0.39, 0.29) is 18.1 Å². The van der Waals surface area contributed by atoms with Crippen LogP contribution < -0.4 is 11.1 Å². The SMILES string of the molecule is CC1OC(C)(C)NC1C(N)=O. The number of carbonyl (C=O) groups is 1. The minimum atomic E-state index is -0.431. The van der Waals surface area contributed by atoms with Crippen LogP contribution in [0.5, 0.6) is 0 Å². The molecule has 11 heavy (non-hydrogen) atoms. The highest BCUT2D eigenvalue weighted by Crippen LogP contribution is 2.19. The fourth-order valence-corrected chi connectivity index (χ4v) is 1.36. The number of amides is 1. The normalized spacial score (nSPS) is 35.5. The molecule has 0 aromatic carbocycles. The lowest BCUT2D eigenvalue weighted by Gasteiger charge is -2.17. The Morgan fingerprint density at radius 2 is 2.18 bits per heavy atom. The summed E-state index contributed by atoms with van der Waals surface area (Å²) in [5.41, 5.74) is 4.70. The van der Waals surface area contributed by atoms with Crippen LogP contribution in [0.4, 0.5) is 0 Å². The first-order valence-corrected chi connectivity index (χ1v) is 3.67. The van der Waals surface area contributed by atoms with Crippen molar-refractivity contribution in [2.75, 3.05) is 0 Å². The number of carbonyl (C=O) groups excluding carboxylic acids is 1. The first kappa shape index (κ1) is 8.49. The van der Waals surface area contributed by atoms with Gasteiger partial charge in [-0.15, -0.1) is 0 Å². The second-order valence-electron chi connectivity index (χ2n) is 3.36.